The Morgan fingerprint density at radius 3 is 2.29 bits per heavy atom. The lowest BCUT2D eigenvalue weighted by Crippen LogP contribution is -2.34. The van der Waals surface area contributed by atoms with Crippen LogP contribution >= 0.6 is 0 Å². The van der Waals surface area contributed by atoms with E-state index in [0.717, 1.165) is 5.92 Å². The second kappa shape index (κ2) is 8.43. The molecule has 2 heteroatoms. The standard InChI is InChI=1S/C22H30N2/c1-18(2)8-13-22(24-15-4-3-5-16-24)20-11-9-19(10-12-20)21-7-6-14-23-17-21/h6-7,9-12,14,17-18,22H,3-5,8,13,15-16H2,1-2H3. The highest BCUT2D eigenvalue weighted by atomic mass is 15.2. The van der Waals surface area contributed by atoms with Gasteiger partial charge in [-0.25, -0.2) is 0 Å². The Balaban J connectivity index is 1.78. The molecule has 24 heavy (non-hydrogen) atoms. The van der Waals surface area contributed by atoms with Gasteiger partial charge < -0.3 is 0 Å². The topological polar surface area (TPSA) is 16.1 Å². The van der Waals surface area contributed by atoms with Crippen molar-refractivity contribution >= 4 is 0 Å². The first-order valence-electron chi connectivity index (χ1n) is 9.48. The van der Waals surface area contributed by atoms with Gasteiger partial charge in [-0.05, 0) is 67.4 Å². The Kier molecular flexibility index (Phi) is 6.03. The van der Waals surface area contributed by atoms with E-state index in [9.17, 15) is 0 Å². The van der Waals surface area contributed by atoms with Crippen molar-refractivity contribution in [3.63, 3.8) is 0 Å². The van der Waals surface area contributed by atoms with Crippen molar-refractivity contribution in [2.75, 3.05) is 13.1 Å². The molecule has 128 valence electrons. The van der Waals surface area contributed by atoms with E-state index >= 15 is 0 Å². The molecule has 1 saturated heterocycles. The number of pyridine rings is 1. The number of aromatic nitrogens is 1. The average Bonchev–Trinajstić information content (AvgIpc) is 2.64. The zero-order valence-electron chi connectivity index (χ0n) is 15.1. The summed E-state index contributed by atoms with van der Waals surface area (Å²) in [6.07, 6.45) is 10.4. The molecule has 2 nitrogen and oxygen atoms in total. The van der Waals surface area contributed by atoms with Crippen LogP contribution in [0.1, 0.15) is 57.6 Å². The monoisotopic (exact) mass is 322 g/mol. The van der Waals surface area contributed by atoms with Crippen LogP contribution in [0.25, 0.3) is 11.1 Å². The fourth-order valence-corrected chi connectivity index (χ4v) is 3.71. The molecule has 1 aromatic heterocycles. The summed E-state index contributed by atoms with van der Waals surface area (Å²) in [5.41, 5.74) is 3.93. The molecule has 1 fully saturated rings. The number of hydrogen-bond acceptors (Lipinski definition) is 2. The van der Waals surface area contributed by atoms with Gasteiger partial charge in [0.05, 0.1) is 0 Å². The van der Waals surface area contributed by atoms with Crippen molar-refractivity contribution in [1.82, 2.24) is 9.88 Å². The van der Waals surface area contributed by atoms with Crippen LogP contribution in [0.2, 0.25) is 0 Å². The maximum Gasteiger partial charge on any atom is 0.0348 e. The van der Waals surface area contributed by atoms with Crippen molar-refractivity contribution in [3.05, 3.63) is 54.4 Å². The Morgan fingerprint density at radius 1 is 0.917 bits per heavy atom. The summed E-state index contributed by atoms with van der Waals surface area (Å²) in [5.74, 6) is 0.770. The number of hydrogen-bond donors (Lipinski definition) is 0. The summed E-state index contributed by atoms with van der Waals surface area (Å²) < 4.78 is 0. The summed E-state index contributed by atoms with van der Waals surface area (Å²) in [6.45, 7) is 7.18. The highest BCUT2D eigenvalue weighted by molar-refractivity contribution is 5.62. The van der Waals surface area contributed by atoms with Crippen LogP contribution < -0.4 is 0 Å². The van der Waals surface area contributed by atoms with Gasteiger partial charge in [0, 0.05) is 18.4 Å². The van der Waals surface area contributed by atoms with Crippen LogP contribution in [-0.2, 0) is 0 Å². The fraction of sp³-hybridized carbons (Fsp3) is 0.500. The molecule has 1 aromatic carbocycles. The average molecular weight is 322 g/mol. The predicted octanol–water partition coefficient (Wildman–Crippen LogP) is 5.71. The van der Waals surface area contributed by atoms with Gasteiger partial charge in [-0.2, -0.15) is 0 Å². The number of nitrogens with zero attached hydrogens (tertiary/aromatic N) is 2. The van der Waals surface area contributed by atoms with E-state index in [1.165, 1.54) is 61.9 Å². The smallest absolute Gasteiger partial charge is 0.0348 e. The number of piperidine rings is 1. The molecular weight excluding hydrogens is 292 g/mol. The first kappa shape index (κ1) is 17.2. The lowest BCUT2D eigenvalue weighted by atomic mass is 9.93. The minimum atomic E-state index is 0.579. The third-order valence-electron chi connectivity index (χ3n) is 5.14. The molecule has 0 radical (unpaired) electrons. The van der Waals surface area contributed by atoms with Crippen LogP contribution in [0.15, 0.2) is 48.8 Å². The van der Waals surface area contributed by atoms with Gasteiger partial charge in [0.2, 0.25) is 0 Å². The SMILES string of the molecule is CC(C)CCC(c1ccc(-c2cccnc2)cc1)N1CCCCC1. The highest BCUT2D eigenvalue weighted by Crippen LogP contribution is 2.31. The molecule has 1 atom stereocenters. The summed E-state index contributed by atoms with van der Waals surface area (Å²) in [6, 6.07) is 13.9. The second-order valence-corrected chi connectivity index (χ2v) is 7.45. The van der Waals surface area contributed by atoms with Crippen LogP contribution in [0.5, 0.6) is 0 Å². The number of likely N-dealkylation sites (tertiary alicyclic amines) is 1. The summed E-state index contributed by atoms with van der Waals surface area (Å²) in [5, 5.41) is 0. The Morgan fingerprint density at radius 2 is 1.67 bits per heavy atom. The van der Waals surface area contributed by atoms with Crippen molar-refractivity contribution in [2.24, 2.45) is 5.92 Å². The van der Waals surface area contributed by atoms with Gasteiger partial charge in [0.25, 0.3) is 0 Å². The quantitative estimate of drug-likeness (QED) is 0.677. The van der Waals surface area contributed by atoms with E-state index in [1.807, 2.05) is 18.5 Å². The summed E-state index contributed by atoms with van der Waals surface area (Å²) in [7, 11) is 0. The molecule has 0 amide bonds. The maximum atomic E-state index is 4.23. The maximum absolute atomic E-state index is 4.23. The second-order valence-electron chi connectivity index (χ2n) is 7.45. The molecule has 0 saturated carbocycles. The molecule has 0 spiro atoms. The molecule has 3 rings (SSSR count). The fourth-order valence-electron chi connectivity index (χ4n) is 3.71. The third kappa shape index (κ3) is 4.45. The lowest BCUT2D eigenvalue weighted by molar-refractivity contribution is 0.150. The summed E-state index contributed by atoms with van der Waals surface area (Å²) >= 11 is 0. The molecule has 2 heterocycles. The molecule has 1 unspecified atom stereocenters. The molecular formula is C22H30N2. The first-order valence-corrected chi connectivity index (χ1v) is 9.48. The normalized spacial score (nSPS) is 17.1. The van der Waals surface area contributed by atoms with E-state index in [4.69, 9.17) is 0 Å². The molecule has 0 N–H and O–H groups in total. The van der Waals surface area contributed by atoms with Crippen LogP contribution in [0.3, 0.4) is 0 Å². The molecule has 1 aliphatic rings. The predicted molar refractivity (Wildman–Crippen MR) is 102 cm³/mol. The van der Waals surface area contributed by atoms with E-state index in [0.29, 0.717) is 6.04 Å². The van der Waals surface area contributed by atoms with Gasteiger partial charge in [0.15, 0.2) is 0 Å². The van der Waals surface area contributed by atoms with Crippen LogP contribution in [0.4, 0.5) is 0 Å². The zero-order chi connectivity index (χ0) is 16.8. The van der Waals surface area contributed by atoms with Gasteiger partial charge in [0.1, 0.15) is 0 Å². The molecule has 0 aliphatic carbocycles. The van der Waals surface area contributed by atoms with Crippen molar-refractivity contribution in [2.45, 2.75) is 52.0 Å². The Bertz CT molecular complexity index is 598. The van der Waals surface area contributed by atoms with Crippen molar-refractivity contribution in [1.29, 1.82) is 0 Å². The first-order chi connectivity index (χ1) is 11.7. The number of rotatable bonds is 6. The third-order valence-corrected chi connectivity index (χ3v) is 5.14. The molecule has 2 aromatic rings. The minimum absolute atomic E-state index is 0.579. The molecule has 0 bridgehead atoms. The van der Waals surface area contributed by atoms with Crippen LogP contribution in [0, 0.1) is 5.92 Å². The lowest BCUT2D eigenvalue weighted by Gasteiger charge is -2.35. The van der Waals surface area contributed by atoms with Gasteiger partial charge in [-0.15, -0.1) is 0 Å². The van der Waals surface area contributed by atoms with Crippen molar-refractivity contribution < 1.29 is 0 Å². The largest absolute Gasteiger partial charge is 0.296 e. The zero-order valence-corrected chi connectivity index (χ0v) is 15.1. The van der Waals surface area contributed by atoms with E-state index in [1.54, 1.807) is 0 Å². The van der Waals surface area contributed by atoms with Gasteiger partial charge >= 0.3 is 0 Å². The van der Waals surface area contributed by atoms with Gasteiger partial charge in [-0.3, -0.25) is 9.88 Å². The summed E-state index contributed by atoms with van der Waals surface area (Å²) in [4.78, 5) is 6.95. The van der Waals surface area contributed by atoms with E-state index in [-0.39, 0.29) is 0 Å². The van der Waals surface area contributed by atoms with Crippen LogP contribution in [-0.4, -0.2) is 23.0 Å². The molecule has 1 aliphatic heterocycles. The number of benzene rings is 1. The van der Waals surface area contributed by atoms with Gasteiger partial charge in [-0.1, -0.05) is 50.6 Å². The van der Waals surface area contributed by atoms with Crippen molar-refractivity contribution in [3.8, 4) is 11.1 Å². The Labute approximate surface area is 146 Å². The van der Waals surface area contributed by atoms with E-state index < -0.39 is 0 Å². The van der Waals surface area contributed by atoms with E-state index in [2.05, 4.69) is 54.1 Å². The highest BCUT2D eigenvalue weighted by Gasteiger charge is 2.22. The Hall–Kier alpha value is -1.67. The minimum Gasteiger partial charge on any atom is -0.296 e.